The molecule has 4 rings (SSSR count). The number of rotatable bonds is 4. The summed E-state index contributed by atoms with van der Waals surface area (Å²) in [5.41, 5.74) is 0.633. The van der Waals surface area contributed by atoms with Crippen LogP contribution in [0.2, 0.25) is 5.02 Å². The molecular weight excluding hydrogens is 493 g/mol. The topological polar surface area (TPSA) is 89.4 Å². The molecule has 0 fully saturated rings. The highest BCUT2D eigenvalue weighted by atomic mass is 35.5. The van der Waals surface area contributed by atoms with Crippen molar-refractivity contribution >= 4 is 32.3 Å². The number of alkyl halides is 3. The van der Waals surface area contributed by atoms with Crippen molar-refractivity contribution in [2.24, 2.45) is 0 Å². The average Bonchev–Trinajstić information content (AvgIpc) is 2.75. The van der Waals surface area contributed by atoms with Crippen LogP contribution in [0.5, 0.6) is 17.4 Å². The zero-order chi connectivity index (χ0) is 24.8. The van der Waals surface area contributed by atoms with Gasteiger partial charge in [0.2, 0.25) is 0 Å². The molecule has 2 aromatic heterocycles. The summed E-state index contributed by atoms with van der Waals surface area (Å²) < 4.78 is 69.8. The van der Waals surface area contributed by atoms with Gasteiger partial charge in [-0.15, -0.1) is 0 Å². The number of aryl methyl sites for hydroxylation is 1. The summed E-state index contributed by atoms with van der Waals surface area (Å²) in [5.74, 6) is -0.834. The maximum atomic E-state index is 13.5. The zero-order valence-electron chi connectivity index (χ0n) is 17.7. The Morgan fingerprint density at radius 2 is 1.79 bits per heavy atom. The van der Waals surface area contributed by atoms with Crippen LogP contribution in [-0.2, 0) is 16.0 Å². The van der Waals surface area contributed by atoms with Gasteiger partial charge in [-0.3, -0.25) is 4.98 Å². The number of benzene rings is 2. The molecule has 0 atom stereocenters. The van der Waals surface area contributed by atoms with Gasteiger partial charge >= 0.3 is 6.18 Å². The third kappa shape index (κ3) is 4.51. The zero-order valence-corrected chi connectivity index (χ0v) is 19.3. The monoisotopic (exact) mass is 508 g/mol. The van der Waals surface area contributed by atoms with Crippen LogP contribution in [0, 0.1) is 6.92 Å². The highest BCUT2D eigenvalue weighted by Crippen LogP contribution is 2.40. The molecule has 0 amide bonds. The fourth-order valence-corrected chi connectivity index (χ4v) is 4.32. The standard InChI is InChI=1S/C23H16ClF3N2O4S/c1-12-11-28-20-15(7-4-8-16(20)23(25,26)27)19(12)13-5-3-6-14(9-13)33-22-21(30)17(24)10-18(29-22)34(2,31)32/h3-11,30H,1-2H3. The number of aromatic nitrogens is 2. The van der Waals surface area contributed by atoms with E-state index >= 15 is 0 Å². The maximum absolute atomic E-state index is 13.5. The normalized spacial score (nSPS) is 12.2. The number of nitrogens with zero attached hydrogens (tertiary/aromatic N) is 2. The molecule has 11 heteroatoms. The van der Waals surface area contributed by atoms with E-state index in [-0.39, 0.29) is 16.3 Å². The van der Waals surface area contributed by atoms with Crippen molar-refractivity contribution in [3.05, 3.63) is 70.9 Å². The van der Waals surface area contributed by atoms with Gasteiger partial charge in [-0.05, 0) is 47.9 Å². The minimum atomic E-state index is -4.57. The lowest BCUT2D eigenvalue weighted by Gasteiger charge is -2.15. The molecule has 6 nitrogen and oxygen atoms in total. The molecule has 0 spiro atoms. The van der Waals surface area contributed by atoms with E-state index in [1.165, 1.54) is 24.4 Å². The molecule has 34 heavy (non-hydrogen) atoms. The number of para-hydroxylation sites is 1. The van der Waals surface area contributed by atoms with E-state index in [9.17, 15) is 26.7 Å². The van der Waals surface area contributed by atoms with Gasteiger partial charge in [-0.2, -0.15) is 18.2 Å². The number of hydrogen-bond donors (Lipinski definition) is 1. The second-order valence-corrected chi connectivity index (χ2v) is 9.88. The molecule has 2 aromatic carbocycles. The summed E-state index contributed by atoms with van der Waals surface area (Å²) in [5, 5.41) is 9.84. The van der Waals surface area contributed by atoms with Crippen molar-refractivity contribution in [2.45, 2.75) is 18.1 Å². The Morgan fingerprint density at radius 1 is 1.09 bits per heavy atom. The van der Waals surface area contributed by atoms with Crippen molar-refractivity contribution in [3.8, 4) is 28.5 Å². The molecule has 0 aliphatic rings. The molecule has 0 saturated heterocycles. The van der Waals surface area contributed by atoms with Gasteiger partial charge in [0.15, 0.2) is 20.6 Å². The van der Waals surface area contributed by atoms with Crippen LogP contribution in [0.15, 0.2) is 59.8 Å². The second kappa shape index (κ2) is 8.44. The van der Waals surface area contributed by atoms with Crippen molar-refractivity contribution in [1.29, 1.82) is 0 Å². The molecule has 0 unspecified atom stereocenters. The lowest BCUT2D eigenvalue weighted by molar-refractivity contribution is -0.136. The molecule has 0 bridgehead atoms. The van der Waals surface area contributed by atoms with Crippen LogP contribution < -0.4 is 4.74 Å². The highest BCUT2D eigenvalue weighted by Gasteiger charge is 2.33. The molecular formula is C23H16ClF3N2O4S. The van der Waals surface area contributed by atoms with Crippen molar-refractivity contribution in [3.63, 3.8) is 0 Å². The molecule has 0 saturated carbocycles. The number of hydrogen-bond acceptors (Lipinski definition) is 6. The first kappa shape index (κ1) is 23.8. The van der Waals surface area contributed by atoms with E-state index in [4.69, 9.17) is 16.3 Å². The van der Waals surface area contributed by atoms with E-state index in [1.807, 2.05) is 0 Å². The Kier molecular flexibility index (Phi) is 5.91. The van der Waals surface area contributed by atoms with Crippen LogP contribution in [0.1, 0.15) is 11.1 Å². The molecule has 4 aromatic rings. The van der Waals surface area contributed by atoms with Crippen molar-refractivity contribution < 1.29 is 31.4 Å². The summed E-state index contributed by atoms with van der Waals surface area (Å²) in [4.78, 5) is 7.84. The summed E-state index contributed by atoms with van der Waals surface area (Å²) in [6.45, 7) is 1.72. The number of ether oxygens (including phenoxy) is 1. The molecule has 2 heterocycles. The highest BCUT2D eigenvalue weighted by molar-refractivity contribution is 7.90. The molecule has 176 valence electrons. The van der Waals surface area contributed by atoms with E-state index < -0.39 is 38.2 Å². The smallest absolute Gasteiger partial charge is 0.418 e. The lowest BCUT2D eigenvalue weighted by Crippen LogP contribution is -2.07. The van der Waals surface area contributed by atoms with Crippen molar-refractivity contribution in [1.82, 2.24) is 9.97 Å². The average molecular weight is 509 g/mol. The fourth-order valence-electron chi connectivity index (χ4n) is 3.49. The van der Waals surface area contributed by atoms with Crippen molar-refractivity contribution in [2.75, 3.05) is 6.26 Å². The van der Waals surface area contributed by atoms with E-state index in [2.05, 4.69) is 9.97 Å². The first-order chi connectivity index (χ1) is 15.9. The van der Waals surface area contributed by atoms with Crippen LogP contribution in [0.4, 0.5) is 13.2 Å². The van der Waals surface area contributed by atoms with Gasteiger partial charge in [-0.1, -0.05) is 35.9 Å². The predicted molar refractivity (Wildman–Crippen MR) is 121 cm³/mol. The SMILES string of the molecule is Cc1cnc2c(C(F)(F)F)cccc2c1-c1cccc(Oc2nc(S(C)(=O)=O)cc(Cl)c2O)c1. The Bertz CT molecular complexity index is 1540. The fraction of sp³-hybridized carbons (Fsp3) is 0.130. The number of fused-ring (bicyclic) bond motifs is 1. The van der Waals surface area contributed by atoms with Crippen LogP contribution in [0.25, 0.3) is 22.0 Å². The largest absolute Gasteiger partial charge is 0.502 e. The number of sulfone groups is 1. The third-order valence-electron chi connectivity index (χ3n) is 5.00. The van der Waals surface area contributed by atoms with E-state index in [0.29, 0.717) is 22.1 Å². The summed E-state index contributed by atoms with van der Waals surface area (Å²) in [6, 6.07) is 11.2. The van der Waals surface area contributed by atoms with Gasteiger partial charge in [0.1, 0.15) is 5.75 Å². The number of pyridine rings is 2. The van der Waals surface area contributed by atoms with Crippen LogP contribution >= 0.6 is 11.6 Å². The third-order valence-corrected chi connectivity index (χ3v) is 6.26. The minimum Gasteiger partial charge on any atom is -0.502 e. The summed E-state index contributed by atoms with van der Waals surface area (Å²) in [6.07, 6.45) is -2.28. The first-order valence-electron chi connectivity index (χ1n) is 9.69. The lowest BCUT2D eigenvalue weighted by atomic mass is 9.95. The number of halogens is 4. The second-order valence-electron chi connectivity index (χ2n) is 7.51. The van der Waals surface area contributed by atoms with E-state index in [1.54, 1.807) is 25.1 Å². The van der Waals surface area contributed by atoms with Gasteiger partial charge < -0.3 is 9.84 Å². The first-order valence-corrected chi connectivity index (χ1v) is 12.0. The summed E-state index contributed by atoms with van der Waals surface area (Å²) in [7, 11) is -3.74. The van der Waals surface area contributed by atoms with E-state index in [0.717, 1.165) is 18.4 Å². The van der Waals surface area contributed by atoms with Gasteiger partial charge in [0.25, 0.3) is 5.88 Å². The maximum Gasteiger partial charge on any atom is 0.418 e. The quantitative estimate of drug-likeness (QED) is 0.354. The Hall–Kier alpha value is -3.37. The van der Waals surface area contributed by atoms with Gasteiger partial charge in [0.05, 0.1) is 16.1 Å². The Morgan fingerprint density at radius 3 is 2.47 bits per heavy atom. The summed E-state index contributed by atoms with van der Waals surface area (Å²) >= 11 is 5.92. The molecule has 0 aliphatic heterocycles. The predicted octanol–water partition coefficient (Wildman–Crippen LogP) is 6.18. The molecule has 1 N–H and O–H groups in total. The molecule has 0 aliphatic carbocycles. The van der Waals surface area contributed by atoms with Gasteiger partial charge in [0, 0.05) is 17.8 Å². The van der Waals surface area contributed by atoms with Gasteiger partial charge in [-0.25, -0.2) is 8.42 Å². The van der Waals surface area contributed by atoms with Crippen LogP contribution in [0.3, 0.4) is 0 Å². The minimum absolute atomic E-state index is 0.151. The number of aromatic hydroxyl groups is 1. The Labute approximate surface area is 197 Å². The Balaban J connectivity index is 1.84. The van der Waals surface area contributed by atoms with Crippen LogP contribution in [-0.4, -0.2) is 29.7 Å². The molecule has 0 radical (unpaired) electrons.